The highest BCUT2D eigenvalue weighted by molar-refractivity contribution is 7.13. The normalized spacial score (nSPS) is 12.0. The molecule has 0 spiro atoms. The molecule has 0 amide bonds. The average Bonchev–Trinajstić information content (AvgIpc) is 3.27. The van der Waals surface area contributed by atoms with Crippen LogP contribution >= 0.6 is 22.7 Å². The number of thiophene rings is 2. The van der Waals surface area contributed by atoms with Gasteiger partial charge in [0.25, 0.3) is 5.89 Å². The highest BCUT2D eigenvalue weighted by Crippen LogP contribution is 2.27. The van der Waals surface area contributed by atoms with Crippen molar-refractivity contribution in [2.24, 2.45) is 0 Å². The minimum absolute atomic E-state index is 0.624. The SMILES string of the molecule is [NH3+]CCCC/C(=C\c1ccsc1)c1nc(-c2cccs2)no1. The summed E-state index contributed by atoms with van der Waals surface area (Å²) in [6.07, 6.45) is 5.26. The summed E-state index contributed by atoms with van der Waals surface area (Å²) in [6.45, 7) is 0.954. The second-order valence-corrected chi connectivity index (χ2v) is 6.67. The van der Waals surface area contributed by atoms with Gasteiger partial charge in [0.2, 0.25) is 5.82 Å². The fourth-order valence-corrected chi connectivity index (χ4v) is 3.42. The molecule has 4 nitrogen and oxygen atoms in total. The lowest BCUT2D eigenvalue weighted by atomic mass is 10.1. The first-order chi connectivity index (χ1) is 10.9. The van der Waals surface area contributed by atoms with Gasteiger partial charge in [-0.25, -0.2) is 0 Å². The molecule has 3 heterocycles. The third-order valence-electron chi connectivity index (χ3n) is 3.27. The Kier molecular flexibility index (Phi) is 5.15. The van der Waals surface area contributed by atoms with Crippen LogP contribution in [0.2, 0.25) is 0 Å². The van der Waals surface area contributed by atoms with E-state index in [0.717, 1.165) is 36.3 Å². The first-order valence-corrected chi connectivity index (χ1v) is 9.09. The van der Waals surface area contributed by atoms with E-state index in [1.54, 1.807) is 22.7 Å². The summed E-state index contributed by atoms with van der Waals surface area (Å²) in [7, 11) is 0. The largest absolute Gasteiger partial charge is 0.358 e. The van der Waals surface area contributed by atoms with Gasteiger partial charge in [-0.1, -0.05) is 11.2 Å². The monoisotopic (exact) mass is 332 g/mol. The van der Waals surface area contributed by atoms with Gasteiger partial charge in [-0.15, -0.1) is 11.3 Å². The summed E-state index contributed by atoms with van der Waals surface area (Å²) in [6, 6.07) is 6.10. The van der Waals surface area contributed by atoms with E-state index >= 15 is 0 Å². The van der Waals surface area contributed by atoms with Crippen molar-refractivity contribution in [3.8, 4) is 10.7 Å². The molecule has 3 rings (SSSR count). The molecule has 22 heavy (non-hydrogen) atoms. The van der Waals surface area contributed by atoms with Crippen molar-refractivity contribution in [1.82, 2.24) is 10.1 Å². The van der Waals surface area contributed by atoms with Gasteiger partial charge in [0.1, 0.15) is 0 Å². The van der Waals surface area contributed by atoms with Crippen LogP contribution in [0.3, 0.4) is 0 Å². The van der Waals surface area contributed by atoms with Crippen LogP contribution in [0, 0.1) is 0 Å². The van der Waals surface area contributed by atoms with Crippen LogP contribution in [0.4, 0.5) is 0 Å². The van der Waals surface area contributed by atoms with Crippen molar-refractivity contribution >= 4 is 34.3 Å². The molecular weight excluding hydrogens is 314 g/mol. The van der Waals surface area contributed by atoms with Gasteiger partial charge < -0.3 is 10.3 Å². The van der Waals surface area contributed by atoms with Gasteiger partial charge in [0.05, 0.1) is 11.4 Å². The summed E-state index contributed by atoms with van der Waals surface area (Å²) >= 11 is 3.31. The number of aromatic nitrogens is 2. The molecule has 0 bridgehead atoms. The molecule has 3 aromatic rings. The summed E-state index contributed by atoms with van der Waals surface area (Å²) in [5.41, 5.74) is 6.19. The summed E-state index contributed by atoms with van der Waals surface area (Å²) < 4.78 is 5.50. The fourth-order valence-electron chi connectivity index (χ4n) is 2.15. The van der Waals surface area contributed by atoms with Crippen molar-refractivity contribution in [2.75, 3.05) is 6.54 Å². The molecule has 114 valence electrons. The number of quaternary nitrogens is 1. The molecule has 0 atom stereocenters. The summed E-state index contributed by atoms with van der Waals surface area (Å²) in [5.74, 6) is 1.29. The Morgan fingerprint density at radius 1 is 1.27 bits per heavy atom. The van der Waals surface area contributed by atoms with Crippen LogP contribution < -0.4 is 5.73 Å². The van der Waals surface area contributed by atoms with E-state index < -0.39 is 0 Å². The van der Waals surface area contributed by atoms with E-state index in [9.17, 15) is 0 Å². The number of hydrogen-bond donors (Lipinski definition) is 1. The topological polar surface area (TPSA) is 66.6 Å². The molecule has 0 saturated heterocycles. The average molecular weight is 332 g/mol. The van der Waals surface area contributed by atoms with Crippen LogP contribution in [0.15, 0.2) is 38.9 Å². The van der Waals surface area contributed by atoms with Crippen molar-refractivity contribution in [3.05, 3.63) is 45.8 Å². The zero-order valence-corrected chi connectivity index (χ0v) is 13.8. The Bertz CT molecular complexity index is 715. The van der Waals surface area contributed by atoms with E-state index in [-0.39, 0.29) is 0 Å². The lowest BCUT2D eigenvalue weighted by Crippen LogP contribution is -2.50. The first-order valence-electron chi connectivity index (χ1n) is 7.27. The molecule has 3 N–H and O–H groups in total. The standard InChI is InChI=1S/C16H17N3OS2/c17-7-2-1-4-13(10-12-6-9-21-11-12)16-18-15(19-20-16)14-5-3-8-22-14/h3,5-6,8-11H,1-2,4,7,17H2/p+1/b13-10+. The number of nitrogens with zero attached hydrogens (tertiary/aromatic N) is 2. The molecule has 0 aliphatic rings. The Hall–Kier alpha value is -1.76. The predicted octanol–water partition coefficient (Wildman–Crippen LogP) is 3.81. The number of unbranched alkanes of at least 4 members (excludes halogenated alkanes) is 1. The quantitative estimate of drug-likeness (QED) is 0.669. The van der Waals surface area contributed by atoms with Crippen LogP contribution in [0.25, 0.3) is 22.4 Å². The fraction of sp³-hybridized carbons (Fsp3) is 0.250. The van der Waals surface area contributed by atoms with E-state index in [1.807, 2.05) is 17.5 Å². The van der Waals surface area contributed by atoms with Gasteiger partial charge in [0.15, 0.2) is 0 Å². The van der Waals surface area contributed by atoms with Gasteiger partial charge >= 0.3 is 0 Å². The Morgan fingerprint density at radius 2 is 2.23 bits per heavy atom. The Morgan fingerprint density at radius 3 is 2.95 bits per heavy atom. The van der Waals surface area contributed by atoms with Crippen molar-refractivity contribution in [3.63, 3.8) is 0 Å². The van der Waals surface area contributed by atoms with Gasteiger partial charge in [-0.05, 0) is 59.2 Å². The van der Waals surface area contributed by atoms with Gasteiger partial charge in [-0.3, -0.25) is 0 Å². The smallest absolute Gasteiger partial charge is 0.254 e. The lowest BCUT2D eigenvalue weighted by Gasteiger charge is -2.01. The highest BCUT2D eigenvalue weighted by Gasteiger charge is 2.13. The second kappa shape index (κ2) is 7.49. The van der Waals surface area contributed by atoms with Gasteiger partial charge in [-0.2, -0.15) is 16.3 Å². The summed E-state index contributed by atoms with van der Waals surface area (Å²) in [4.78, 5) is 5.59. The molecule has 6 heteroatoms. The zero-order valence-electron chi connectivity index (χ0n) is 12.2. The number of allylic oxidation sites excluding steroid dienone is 1. The van der Waals surface area contributed by atoms with Crippen molar-refractivity contribution < 1.29 is 10.3 Å². The third kappa shape index (κ3) is 3.71. The molecule has 0 aliphatic carbocycles. The van der Waals surface area contributed by atoms with Crippen LogP contribution in [-0.4, -0.2) is 16.7 Å². The lowest BCUT2D eigenvalue weighted by molar-refractivity contribution is -0.368. The molecule has 0 radical (unpaired) electrons. The maximum atomic E-state index is 5.50. The van der Waals surface area contributed by atoms with Crippen LogP contribution in [0.1, 0.15) is 30.7 Å². The van der Waals surface area contributed by atoms with E-state index in [0.29, 0.717) is 11.7 Å². The number of rotatable bonds is 7. The highest BCUT2D eigenvalue weighted by atomic mass is 32.1. The van der Waals surface area contributed by atoms with E-state index in [1.165, 1.54) is 5.56 Å². The molecular formula is C16H18N3OS2+. The molecule has 0 saturated carbocycles. The maximum Gasteiger partial charge on any atom is 0.254 e. The van der Waals surface area contributed by atoms with E-state index in [4.69, 9.17) is 4.52 Å². The summed E-state index contributed by atoms with van der Waals surface area (Å²) in [5, 5.41) is 10.3. The second-order valence-electron chi connectivity index (χ2n) is 4.94. The maximum absolute atomic E-state index is 5.50. The molecule has 0 aliphatic heterocycles. The minimum Gasteiger partial charge on any atom is -0.358 e. The van der Waals surface area contributed by atoms with Crippen LogP contribution in [-0.2, 0) is 0 Å². The van der Waals surface area contributed by atoms with Crippen LogP contribution in [0.5, 0.6) is 0 Å². The molecule has 0 unspecified atom stereocenters. The predicted molar refractivity (Wildman–Crippen MR) is 91.4 cm³/mol. The van der Waals surface area contributed by atoms with Crippen molar-refractivity contribution in [2.45, 2.75) is 19.3 Å². The third-order valence-corrected chi connectivity index (χ3v) is 4.84. The van der Waals surface area contributed by atoms with Crippen molar-refractivity contribution in [1.29, 1.82) is 0 Å². The first kappa shape index (κ1) is 15.1. The molecule has 3 aromatic heterocycles. The number of hydrogen-bond acceptors (Lipinski definition) is 5. The van der Waals surface area contributed by atoms with E-state index in [2.05, 4.69) is 38.8 Å². The van der Waals surface area contributed by atoms with Gasteiger partial charge in [0, 0.05) is 5.57 Å². The Labute approximate surface area is 137 Å². The minimum atomic E-state index is 0.624. The molecule has 0 fully saturated rings. The Balaban J connectivity index is 1.85. The zero-order chi connectivity index (χ0) is 15.2. The molecule has 0 aromatic carbocycles.